The number of halogens is 2. The quantitative estimate of drug-likeness (QED) is 0.720. The molecule has 1 aromatic carbocycles. The van der Waals surface area contributed by atoms with E-state index in [9.17, 15) is 8.78 Å². The van der Waals surface area contributed by atoms with Gasteiger partial charge in [0.2, 0.25) is 5.82 Å². The molecular formula is C18H15F2N5O. The maximum Gasteiger partial charge on any atom is 0.202 e. The number of nitrogens with zero attached hydrogens (tertiary/aromatic N) is 5. The molecule has 0 unspecified atom stereocenters. The molecule has 0 radical (unpaired) electrons. The van der Waals surface area contributed by atoms with E-state index in [1.165, 1.54) is 19.2 Å². The van der Waals surface area contributed by atoms with Crippen LogP contribution in [0.25, 0.3) is 11.6 Å². The molecule has 0 fully saturated rings. The van der Waals surface area contributed by atoms with Crippen LogP contribution in [-0.4, -0.2) is 33.6 Å². The fraction of sp³-hybridized carbons (Fsp3) is 0.222. The topological polar surface area (TPSA) is 64.0 Å². The average molecular weight is 355 g/mol. The van der Waals surface area contributed by atoms with Crippen molar-refractivity contribution in [3.63, 3.8) is 0 Å². The molecule has 132 valence electrons. The van der Waals surface area contributed by atoms with Crippen LogP contribution in [0.2, 0.25) is 0 Å². The van der Waals surface area contributed by atoms with Gasteiger partial charge in [-0.3, -0.25) is 0 Å². The van der Waals surface area contributed by atoms with Gasteiger partial charge in [-0.2, -0.15) is 4.39 Å². The Hall–Kier alpha value is -3.16. The Morgan fingerprint density at radius 3 is 2.62 bits per heavy atom. The fourth-order valence-corrected chi connectivity index (χ4v) is 2.97. The summed E-state index contributed by atoms with van der Waals surface area (Å²) in [5.41, 5.74) is 1.93. The van der Waals surface area contributed by atoms with Gasteiger partial charge in [0.05, 0.1) is 18.5 Å². The molecule has 0 saturated heterocycles. The molecule has 0 atom stereocenters. The molecule has 6 nitrogen and oxygen atoms in total. The number of benzene rings is 1. The van der Waals surface area contributed by atoms with Gasteiger partial charge in [0.25, 0.3) is 0 Å². The summed E-state index contributed by atoms with van der Waals surface area (Å²) in [6.07, 6.45) is 5.55. The molecule has 8 heteroatoms. The van der Waals surface area contributed by atoms with Gasteiger partial charge >= 0.3 is 0 Å². The summed E-state index contributed by atoms with van der Waals surface area (Å²) in [6.45, 7) is 0.912. The number of anilines is 1. The molecule has 1 aliphatic heterocycles. The van der Waals surface area contributed by atoms with E-state index in [0.29, 0.717) is 31.2 Å². The van der Waals surface area contributed by atoms with Crippen LogP contribution in [0.4, 0.5) is 14.5 Å². The van der Waals surface area contributed by atoms with Crippen LogP contribution in [0.5, 0.6) is 5.75 Å². The van der Waals surface area contributed by atoms with Crippen molar-refractivity contribution in [1.29, 1.82) is 0 Å². The summed E-state index contributed by atoms with van der Waals surface area (Å²) in [4.78, 5) is 18.9. The zero-order valence-electron chi connectivity index (χ0n) is 14.0. The summed E-state index contributed by atoms with van der Waals surface area (Å²) < 4.78 is 33.2. The maximum absolute atomic E-state index is 14.4. The second kappa shape index (κ2) is 6.62. The summed E-state index contributed by atoms with van der Waals surface area (Å²) in [6, 6.07) is 4.67. The van der Waals surface area contributed by atoms with Crippen LogP contribution in [0.1, 0.15) is 11.3 Å². The lowest BCUT2D eigenvalue weighted by Crippen LogP contribution is -2.32. The monoisotopic (exact) mass is 355 g/mol. The third-order valence-electron chi connectivity index (χ3n) is 4.29. The van der Waals surface area contributed by atoms with Gasteiger partial charge in [-0.25, -0.2) is 24.3 Å². The van der Waals surface area contributed by atoms with E-state index in [0.717, 1.165) is 11.3 Å². The van der Waals surface area contributed by atoms with Crippen LogP contribution in [0, 0.1) is 11.6 Å². The molecule has 0 aliphatic carbocycles. The fourth-order valence-electron chi connectivity index (χ4n) is 2.97. The Bertz CT molecular complexity index is 952. The molecule has 3 aromatic rings. The maximum atomic E-state index is 14.4. The van der Waals surface area contributed by atoms with E-state index in [1.807, 2.05) is 0 Å². The highest BCUT2D eigenvalue weighted by molar-refractivity contribution is 5.53. The molecule has 2 aromatic heterocycles. The van der Waals surface area contributed by atoms with Crippen LogP contribution >= 0.6 is 0 Å². The molecule has 26 heavy (non-hydrogen) atoms. The molecular weight excluding hydrogens is 340 g/mol. The van der Waals surface area contributed by atoms with Crippen LogP contribution in [-0.2, 0) is 13.0 Å². The Kier molecular flexibility index (Phi) is 4.16. The van der Waals surface area contributed by atoms with Crippen molar-refractivity contribution in [1.82, 2.24) is 19.9 Å². The molecule has 0 spiro atoms. The second-order valence-electron chi connectivity index (χ2n) is 5.82. The van der Waals surface area contributed by atoms with E-state index in [-0.39, 0.29) is 11.4 Å². The zero-order valence-corrected chi connectivity index (χ0v) is 14.0. The van der Waals surface area contributed by atoms with Gasteiger partial charge in [0.15, 0.2) is 23.2 Å². The van der Waals surface area contributed by atoms with Crippen molar-refractivity contribution in [2.75, 3.05) is 18.6 Å². The third kappa shape index (κ3) is 2.83. The first-order valence-corrected chi connectivity index (χ1v) is 8.06. The Morgan fingerprint density at radius 1 is 1.04 bits per heavy atom. The minimum atomic E-state index is -0.983. The van der Waals surface area contributed by atoms with Gasteiger partial charge in [-0.1, -0.05) is 0 Å². The highest BCUT2D eigenvalue weighted by atomic mass is 19.2. The Balaban J connectivity index is 1.62. The molecule has 0 N–H and O–H groups in total. The van der Waals surface area contributed by atoms with E-state index in [1.54, 1.807) is 29.6 Å². The number of hydrogen-bond acceptors (Lipinski definition) is 6. The van der Waals surface area contributed by atoms with Crippen LogP contribution in [0.15, 0.2) is 36.8 Å². The van der Waals surface area contributed by atoms with E-state index >= 15 is 0 Å². The highest BCUT2D eigenvalue weighted by Gasteiger charge is 2.24. The van der Waals surface area contributed by atoms with Gasteiger partial charge in [-0.15, -0.1) is 0 Å². The van der Waals surface area contributed by atoms with Gasteiger partial charge < -0.3 is 9.64 Å². The largest absolute Gasteiger partial charge is 0.494 e. The van der Waals surface area contributed by atoms with E-state index in [4.69, 9.17) is 4.74 Å². The first-order chi connectivity index (χ1) is 12.7. The van der Waals surface area contributed by atoms with Gasteiger partial charge in [-0.05, 0) is 18.2 Å². The van der Waals surface area contributed by atoms with Crippen molar-refractivity contribution >= 4 is 5.69 Å². The lowest BCUT2D eigenvalue weighted by molar-refractivity contribution is 0.371. The standard InChI is InChI=1S/C18H15F2N5O/c1-26-14-4-3-13(15(19)16(14)20)25-8-5-12-11(10-25)9-23-18(24-12)17-21-6-2-7-22-17/h2-4,6-7,9H,5,8,10H2,1H3. The van der Waals surface area contributed by atoms with Gasteiger partial charge in [0.1, 0.15) is 0 Å². The second-order valence-corrected chi connectivity index (χ2v) is 5.82. The van der Waals surface area contributed by atoms with Crippen molar-refractivity contribution < 1.29 is 13.5 Å². The predicted molar refractivity (Wildman–Crippen MR) is 90.7 cm³/mol. The van der Waals surface area contributed by atoms with Crippen molar-refractivity contribution in [3.8, 4) is 17.4 Å². The molecule has 0 amide bonds. The normalized spacial score (nSPS) is 13.4. The minimum Gasteiger partial charge on any atom is -0.494 e. The van der Waals surface area contributed by atoms with Crippen LogP contribution < -0.4 is 9.64 Å². The van der Waals surface area contributed by atoms with E-state index in [2.05, 4.69) is 19.9 Å². The van der Waals surface area contributed by atoms with E-state index < -0.39 is 11.6 Å². The first kappa shape index (κ1) is 16.3. The SMILES string of the molecule is COc1ccc(N2CCc3nc(-c4ncccn4)ncc3C2)c(F)c1F. The third-order valence-corrected chi connectivity index (χ3v) is 4.29. The Labute approximate surface area is 148 Å². The molecule has 1 aliphatic rings. The lowest BCUT2D eigenvalue weighted by Gasteiger charge is -2.30. The molecule has 3 heterocycles. The minimum absolute atomic E-state index is 0.112. The molecule has 0 saturated carbocycles. The molecule has 0 bridgehead atoms. The zero-order chi connectivity index (χ0) is 18.1. The van der Waals surface area contributed by atoms with Crippen LogP contribution in [0.3, 0.4) is 0 Å². The number of aromatic nitrogens is 4. The number of ether oxygens (including phenoxy) is 1. The first-order valence-electron chi connectivity index (χ1n) is 8.06. The highest BCUT2D eigenvalue weighted by Crippen LogP contribution is 2.31. The van der Waals surface area contributed by atoms with Gasteiger partial charge in [0, 0.05) is 43.7 Å². The van der Waals surface area contributed by atoms with Crippen molar-refractivity contribution in [2.24, 2.45) is 0 Å². The smallest absolute Gasteiger partial charge is 0.202 e. The van der Waals surface area contributed by atoms with Crippen molar-refractivity contribution in [2.45, 2.75) is 13.0 Å². The Morgan fingerprint density at radius 2 is 1.85 bits per heavy atom. The predicted octanol–water partition coefficient (Wildman–Crippen LogP) is 2.78. The summed E-state index contributed by atoms with van der Waals surface area (Å²) in [7, 11) is 1.31. The molecule has 4 rings (SSSR count). The number of rotatable bonds is 3. The summed E-state index contributed by atoms with van der Waals surface area (Å²) in [5, 5.41) is 0. The average Bonchev–Trinajstić information content (AvgIpc) is 2.70. The number of fused-ring (bicyclic) bond motifs is 1. The number of hydrogen-bond donors (Lipinski definition) is 0. The van der Waals surface area contributed by atoms with Crippen molar-refractivity contribution in [3.05, 3.63) is 59.7 Å². The summed E-state index contributed by atoms with van der Waals surface area (Å²) >= 11 is 0. The summed E-state index contributed by atoms with van der Waals surface area (Å²) in [5.74, 6) is -1.09. The lowest BCUT2D eigenvalue weighted by atomic mass is 10.1. The number of methoxy groups -OCH3 is 1.